The standard InChI is InChI=1S/C27H28N2O3/c1-2-19-15-16-25(32-19)24-14-4-3-9-17-28(24)26(30)18-29-22-12-7-5-10-20(22)27(31)21-11-6-8-13-23(21)29/h5-8,10-13,15-16,24H,2-4,9,14,17-18H2,1H3. The van der Waals surface area contributed by atoms with Crippen LogP contribution >= 0.6 is 0 Å². The summed E-state index contributed by atoms with van der Waals surface area (Å²) in [7, 11) is 0. The summed E-state index contributed by atoms with van der Waals surface area (Å²) in [6.45, 7) is 2.99. The summed E-state index contributed by atoms with van der Waals surface area (Å²) in [5.74, 6) is 1.89. The van der Waals surface area contributed by atoms with E-state index in [-0.39, 0.29) is 23.9 Å². The van der Waals surface area contributed by atoms with E-state index in [4.69, 9.17) is 4.42 Å². The second kappa shape index (κ2) is 8.65. The first kappa shape index (κ1) is 20.6. The van der Waals surface area contributed by atoms with Gasteiger partial charge in [0.25, 0.3) is 0 Å². The maximum Gasteiger partial charge on any atom is 0.243 e. The Morgan fingerprint density at radius 2 is 1.62 bits per heavy atom. The fourth-order valence-electron chi connectivity index (χ4n) is 4.94. The number of rotatable bonds is 4. The zero-order valence-electron chi connectivity index (χ0n) is 18.4. The van der Waals surface area contributed by atoms with Crippen molar-refractivity contribution in [1.29, 1.82) is 0 Å². The molecule has 32 heavy (non-hydrogen) atoms. The lowest BCUT2D eigenvalue weighted by Gasteiger charge is -2.29. The van der Waals surface area contributed by atoms with Crippen molar-refractivity contribution in [2.24, 2.45) is 0 Å². The molecule has 1 amide bonds. The number of benzene rings is 2. The predicted octanol–water partition coefficient (Wildman–Crippen LogP) is 5.45. The van der Waals surface area contributed by atoms with Crippen molar-refractivity contribution in [2.45, 2.75) is 51.6 Å². The van der Waals surface area contributed by atoms with Crippen molar-refractivity contribution < 1.29 is 9.21 Å². The average molecular weight is 429 g/mol. The number of amides is 1. The average Bonchev–Trinajstić information content (AvgIpc) is 3.18. The topological polar surface area (TPSA) is 55.5 Å². The molecule has 1 aliphatic rings. The number of aryl methyl sites for hydroxylation is 1. The summed E-state index contributed by atoms with van der Waals surface area (Å²) in [6, 6.07) is 19.1. The molecule has 5 nitrogen and oxygen atoms in total. The van der Waals surface area contributed by atoms with Crippen molar-refractivity contribution >= 4 is 27.7 Å². The van der Waals surface area contributed by atoms with Gasteiger partial charge in [0.15, 0.2) is 5.43 Å². The lowest BCUT2D eigenvalue weighted by atomic mass is 10.1. The number of fused-ring (bicyclic) bond motifs is 2. The first-order chi connectivity index (χ1) is 15.7. The quantitative estimate of drug-likeness (QED) is 0.406. The van der Waals surface area contributed by atoms with Crippen LogP contribution in [-0.4, -0.2) is 21.9 Å². The monoisotopic (exact) mass is 428 g/mol. The van der Waals surface area contributed by atoms with Crippen molar-refractivity contribution in [3.8, 4) is 0 Å². The summed E-state index contributed by atoms with van der Waals surface area (Å²) >= 11 is 0. The highest BCUT2D eigenvalue weighted by atomic mass is 16.3. The normalized spacial score (nSPS) is 17.0. The molecule has 0 aliphatic carbocycles. The third-order valence-electron chi connectivity index (χ3n) is 6.60. The van der Waals surface area contributed by atoms with Gasteiger partial charge >= 0.3 is 0 Å². The minimum atomic E-state index is -0.0396. The smallest absolute Gasteiger partial charge is 0.243 e. The molecular formula is C27H28N2O3. The highest BCUT2D eigenvalue weighted by Crippen LogP contribution is 2.32. The van der Waals surface area contributed by atoms with Gasteiger partial charge in [0.1, 0.15) is 18.1 Å². The van der Waals surface area contributed by atoms with E-state index in [9.17, 15) is 9.59 Å². The Bertz CT molecular complexity index is 1270. The van der Waals surface area contributed by atoms with Crippen LogP contribution in [0.3, 0.4) is 0 Å². The molecule has 0 saturated carbocycles. The Labute approximate surface area is 187 Å². The summed E-state index contributed by atoms with van der Waals surface area (Å²) in [4.78, 5) is 28.8. The first-order valence-corrected chi connectivity index (χ1v) is 11.6. The summed E-state index contributed by atoms with van der Waals surface area (Å²) in [5, 5.41) is 1.29. The van der Waals surface area contributed by atoms with Gasteiger partial charge in [-0.1, -0.05) is 44.0 Å². The zero-order valence-corrected chi connectivity index (χ0v) is 18.4. The van der Waals surface area contributed by atoms with Gasteiger partial charge in [-0.15, -0.1) is 0 Å². The molecule has 164 valence electrons. The Balaban J connectivity index is 1.57. The van der Waals surface area contributed by atoms with Gasteiger partial charge in [-0.25, -0.2) is 0 Å². The summed E-state index contributed by atoms with van der Waals surface area (Å²) < 4.78 is 8.07. The van der Waals surface area contributed by atoms with Crippen LogP contribution in [0, 0.1) is 0 Å². The highest BCUT2D eigenvalue weighted by Gasteiger charge is 2.29. The van der Waals surface area contributed by atoms with Crippen LogP contribution in [0.15, 0.2) is 69.9 Å². The van der Waals surface area contributed by atoms with Gasteiger partial charge in [-0.05, 0) is 49.2 Å². The minimum Gasteiger partial charge on any atom is -0.464 e. The number of hydrogen-bond acceptors (Lipinski definition) is 3. The molecule has 5 heteroatoms. The van der Waals surface area contributed by atoms with Crippen molar-refractivity contribution in [2.75, 3.05) is 6.54 Å². The summed E-state index contributed by atoms with van der Waals surface area (Å²) in [5.41, 5.74) is 1.60. The number of hydrogen-bond donors (Lipinski definition) is 0. The predicted molar refractivity (Wildman–Crippen MR) is 127 cm³/mol. The van der Waals surface area contributed by atoms with E-state index in [0.717, 1.165) is 61.2 Å². The molecular weight excluding hydrogens is 400 g/mol. The molecule has 2 aromatic carbocycles. The van der Waals surface area contributed by atoms with E-state index in [0.29, 0.717) is 10.8 Å². The number of likely N-dealkylation sites (tertiary alicyclic amines) is 1. The van der Waals surface area contributed by atoms with Crippen LogP contribution in [-0.2, 0) is 17.8 Å². The number of carbonyl (C=O) groups excluding carboxylic acids is 1. The fourth-order valence-corrected chi connectivity index (χ4v) is 4.94. The van der Waals surface area contributed by atoms with Crippen LogP contribution in [0.5, 0.6) is 0 Å². The van der Waals surface area contributed by atoms with E-state index in [2.05, 4.69) is 6.92 Å². The van der Waals surface area contributed by atoms with Crippen molar-refractivity contribution in [1.82, 2.24) is 9.47 Å². The van der Waals surface area contributed by atoms with E-state index in [1.54, 1.807) is 0 Å². The van der Waals surface area contributed by atoms with Crippen LogP contribution in [0.2, 0.25) is 0 Å². The highest BCUT2D eigenvalue weighted by molar-refractivity contribution is 5.94. The van der Waals surface area contributed by atoms with Crippen molar-refractivity contribution in [3.05, 3.63) is 82.4 Å². The molecule has 5 rings (SSSR count). The first-order valence-electron chi connectivity index (χ1n) is 11.6. The van der Waals surface area contributed by atoms with Gasteiger partial charge in [0, 0.05) is 23.7 Å². The SMILES string of the molecule is CCc1ccc(C2CCCCCN2C(=O)Cn2c3ccccc3c(=O)c3ccccc32)o1. The van der Waals surface area contributed by atoms with E-state index in [1.807, 2.05) is 70.1 Å². The van der Waals surface area contributed by atoms with E-state index in [1.165, 1.54) is 0 Å². The molecule has 1 saturated heterocycles. The molecule has 1 aliphatic heterocycles. The Morgan fingerprint density at radius 1 is 0.938 bits per heavy atom. The Hall–Kier alpha value is -3.34. The van der Waals surface area contributed by atoms with Crippen LogP contribution in [0.4, 0.5) is 0 Å². The lowest BCUT2D eigenvalue weighted by Crippen LogP contribution is -2.37. The van der Waals surface area contributed by atoms with Gasteiger partial charge in [0.2, 0.25) is 5.91 Å². The van der Waals surface area contributed by atoms with Gasteiger partial charge < -0.3 is 13.9 Å². The number of para-hydroxylation sites is 2. The molecule has 1 fully saturated rings. The molecule has 0 N–H and O–H groups in total. The number of furan rings is 1. The molecule has 0 spiro atoms. The molecule has 4 aromatic rings. The number of carbonyl (C=O) groups is 1. The van der Waals surface area contributed by atoms with E-state index >= 15 is 0 Å². The molecule has 0 bridgehead atoms. The maximum atomic E-state index is 13.7. The van der Waals surface area contributed by atoms with Crippen LogP contribution in [0.1, 0.15) is 50.2 Å². The molecule has 1 atom stereocenters. The zero-order chi connectivity index (χ0) is 22.1. The summed E-state index contributed by atoms with van der Waals surface area (Å²) in [6.07, 6.45) is 4.95. The van der Waals surface area contributed by atoms with Gasteiger partial charge in [0.05, 0.1) is 17.1 Å². The number of nitrogens with zero attached hydrogens (tertiary/aromatic N) is 2. The van der Waals surface area contributed by atoms with Gasteiger partial charge in [-0.3, -0.25) is 9.59 Å². The largest absolute Gasteiger partial charge is 0.464 e. The van der Waals surface area contributed by atoms with Gasteiger partial charge in [-0.2, -0.15) is 0 Å². The van der Waals surface area contributed by atoms with Crippen LogP contribution < -0.4 is 5.43 Å². The second-order valence-corrected chi connectivity index (χ2v) is 8.56. The molecule has 0 radical (unpaired) electrons. The molecule has 2 aromatic heterocycles. The molecule has 3 heterocycles. The van der Waals surface area contributed by atoms with Crippen molar-refractivity contribution in [3.63, 3.8) is 0 Å². The maximum absolute atomic E-state index is 13.7. The van der Waals surface area contributed by atoms with Crippen LogP contribution in [0.25, 0.3) is 21.8 Å². The fraction of sp³-hybridized carbons (Fsp3) is 0.333. The Morgan fingerprint density at radius 3 is 2.28 bits per heavy atom. The van der Waals surface area contributed by atoms with E-state index < -0.39 is 0 Å². The molecule has 1 unspecified atom stereocenters. The number of pyridine rings is 1. The second-order valence-electron chi connectivity index (χ2n) is 8.56. The third kappa shape index (κ3) is 3.62. The lowest BCUT2D eigenvalue weighted by molar-refractivity contribution is -0.134. The minimum absolute atomic E-state index is 0.00947. The third-order valence-corrected chi connectivity index (χ3v) is 6.60. The number of aromatic nitrogens is 1. The Kier molecular flexibility index (Phi) is 5.56.